The Labute approximate surface area is 170 Å². The lowest BCUT2D eigenvalue weighted by molar-refractivity contribution is -0.123. The Balaban J connectivity index is 1.92. The smallest absolute Gasteiger partial charge is 0.243 e. The summed E-state index contributed by atoms with van der Waals surface area (Å²) in [5, 5.41) is 3.00. The summed E-state index contributed by atoms with van der Waals surface area (Å²) < 4.78 is 27.4. The number of benzene rings is 1. The molecular formula is C21H35N3O3S. The van der Waals surface area contributed by atoms with Crippen molar-refractivity contribution in [1.82, 2.24) is 14.5 Å². The number of carbonyl (C=O) groups excluding carboxylic acids is 1. The van der Waals surface area contributed by atoms with Gasteiger partial charge in [0.25, 0.3) is 0 Å². The SMILES string of the molecule is CCC[C@@H](C)NC(=O)CN1CCN(S(=O)(=O)c2ccc(C(C)(C)C)cc2)CC1. The van der Waals surface area contributed by atoms with Gasteiger partial charge >= 0.3 is 0 Å². The average molecular weight is 410 g/mol. The molecule has 1 atom stereocenters. The molecule has 1 N–H and O–H groups in total. The Bertz CT molecular complexity index is 746. The van der Waals surface area contributed by atoms with Crippen molar-refractivity contribution in [3.63, 3.8) is 0 Å². The topological polar surface area (TPSA) is 69.7 Å². The lowest BCUT2D eigenvalue weighted by Crippen LogP contribution is -2.51. The molecule has 0 aromatic heterocycles. The fraction of sp³-hybridized carbons (Fsp3) is 0.667. The van der Waals surface area contributed by atoms with Gasteiger partial charge in [0.05, 0.1) is 11.4 Å². The summed E-state index contributed by atoms with van der Waals surface area (Å²) in [7, 11) is -3.50. The number of carbonyl (C=O) groups is 1. The Hall–Kier alpha value is -1.44. The molecule has 7 heteroatoms. The molecule has 0 saturated carbocycles. The van der Waals surface area contributed by atoms with Crippen LogP contribution in [-0.2, 0) is 20.2 Å². The van der Waals surface area contributed by atoms with E-state index in [1.165, 1.54) is 4.31 Å². The quantitative estimate of drug-likeness (QED) is 0.752. The zero-order valence-corrected chi connectivity index (χ0v) is 18.7. The second kappa shape index (κ2) is 9.37. The lowest BCUT2D eigenvalue weighted by atomic mass is 9.87. The third kappa shape index (κ3) is 6.03. The molecule has 0 radical (unpaired) electrons. The minimum Gasteiger partial charge on any atom is -0.353 e. The van der Waals surface area contributed by atoms with E-state index in [0.29, 0.717) is 37.6 Å². The molecule has 1 aliphatic rings. The predicted octanol–water partition coefficient (Wildman–Crippen LogP) is 2.60. The molecule has 1 fully saturated rings. The van der Waals surface area contributed by atoms with Crippen molar-refractivity contribution in [3.05, 3.63) is 29.8 Å². The van der Waals surface area contributed by atoms with Crippen LogP contribution in [0.15, 0.2) is 29.2 Å². The molecule has 0 bridgehead atoms. The van der Waals surface area contributed by atoms with Crippen LogP contribution in [-0.4, -0.2) is 62.3 Å². The lowest BCUT2D eigenvalue weighted by Gasteiger charge is -2.33. The second-order valence-electron chi connectivity index (χ2n) is 8.71. The van der Waals surface area contributed by atoms with E-state index in [0.717, 1.165) is 18.4 Å². The Morgan fingerprint density at radius 1 is 1.11 bits per heavy atom. The molecule has 158 valence electrons. The molecule has 1 aliphatic heterocycles. The summed E-state index contributed by atoms with van der Waals surface area (Å²) in [5.74, 6) is 0.00928. The number of sulfonamides is 1. The predicted molar refractivity (Wildman–Crippen MR) is 113 cm³/mol. The Kier molecular flexibility index (Phi) is 7.65. The summed E-state index contributed by atoms with van der Waals surface area (Å²) in [6.07, 6.45) is 2.00. The van der Waals surface area contributed by atoms with E-state index in [4.69, 9.17) is 0 Å². The monoisotopic (exact) mass is 409 g/mol. The van der Waals surface area contributed by atoms with Gasteiger partial charge in [0, 0.05) is 32.2 Å². The van der Waals surface area contributed by atoms with E-state index < -0.39 is 10.0 Å². The zero-order valence-electron chi connectivity index (χ0n) is 17.9. The normalized spacial score (nSPS) is 18.0. The van der Waals surface area contributed by atoms with Crippen LogP contribution in [0.4, 0.5) is 0 Å². The van der Waals surface area contributed by atoms with Crippen molar-refractivity contribution in [2.75, 3.05) is 32.7 Å². The first-order valence-electron chi connectivity index (χ1n) is 10.2. The van der Waals surface area contributed by atoms with E-state index >= 15 is 0 Å². The van der Waals surface area contributed by atoms with Gasteiger partial charge in [-0.15, -0.1) is 0 Å². The molecule has 1 saturated heterocycles. The van der Waals surface area contributed by atoms with Crippen molar-refractivity contribution in [1.29, 1.82) is 0 Å². The van der Waals surface area contributed by atoms with Gasteiger partial charge in [-0.2, -0.15) is 4.31 Å². The summed E-state index contributed by atoms with van der Waals surface area (Å²) in [6, 6.07) is 7.36. The van der Waals surface area contributed by atoms with Crippen molar-refractivity contribution in [2.45, 2.75) is 63.8 Å². The van der Waals surface area contributed by atoms with E-state index in [9.17, 15) is 13.2 Å². The van der Waals surface area contributed by atoms with Gasteiger partial charge in [-0.25, -0.2) is 8.42 Å². The number of rotatable bonds is 7. The largest absolute Gasteiger partial charge is 0.353 e. The van der Waals surface area contributed by atoms with Crippen LogP contribution in [0.5, 0.6) is 0 Å². The van der Waals surface area contributed by atoms with Crippen molar-refractivity contribution in [2.24, 2.45) is 0 Å². The summed E-state index contributed by atoms with van der Waals surface area (Å²) in [6.45, 7) is 12.7. The van der Waals surface area contributed by atoms with Gasteiger partial charge in [0.15, 0.2) is 0 Å². The van der Waals surface area contributed by atoms with Crippen LogP contribution in [0, 0.1) is 0 Å². The summed E-state index contributed by atoms with van der Waals surface area (Å²) >= 11 is 0. The highest BCUT2D eigenvalue weighted by molar-refractivity contribution is 7.89. The molecule has 1 amide bonds. The molecule has 28 heavy (non-hydrogen) atoms. The second-order valence-corrected chi connectivity index (χ2v) is 10.6. The van der Waals surface area contributed by atoms with Crippen LogP contribution in [0.2, 0.25) is 0 Å². The minimum absolute atomic E-state index is 0.00928. The van der Waals surface area contributed by atoms with Crippen LogP contribution in [0.1, 0.15) is 53.0 Å². The van der Waals surface area contributed by atoms with E-state index in [1.54, 1.807) is 12.1 Å². The summed E-state index contributed by atoms with van der Waals surface area (Å²) in [5.41, 5.74) is 1.10. The van der Waals surface area contributed by atoms with Crippen LogP contribution in [0.3, 0.4) is 0 Å². The molecule has 0 unspecified atom stereocenters. The van der Waals surface area contributed by atoms with Crippen LogP contribution in [0.25, 0.3) is 0 Å². The van der Waals surface area contributed by atoms with Gasteiger partial charge in [0.2, 0.25) is 15.9 Å². The number of piperazine rings is 1. The highest BCUT2D eigenvalue weighted by Crippen LogP contribution is 2.25. The Morgan fingerprint density at radius 2 is 1.68 bits per heavy atom. The van der Waals surface area contributed by atoms with Crippen molar-refractivity contribution >= 4 is 15.9 Å². The first-order chi connectivity index (χ1) is 13.0. The van der Waals surface area contributed by atoms with Gasteiger partial charge in [0.1, 0.15) is 0 Å². The fourth-order valence-corrected chi connectivity index (χ4v) is 4.85. The third-order valence-corrected chi connectivity index (χ3v) is 7.10. The van der Waals surface area contributed by atoms with Crippen LogP contribution >= 0.6 is 0 Å². The van der Waals surface area contributed by atoms with Gasteiger partial charge < -0.3 is 5.32 Å². The summed E-state index contributed by atoms with van der Waals surface area (Å²) in [4.78, 5) is 14.5. The Morgan fingerprint density at radius 3 is 2.18 bits per heavy atom. The van der Waals surface area contributed by atoms with Crippen LogP contribution < -0.4 is 5.32 Å². The van der Waals surface area contributed by atoms with Crippen molar-refractivity contribution < 1.29 is 13.2 Å². The van der Waals surface area contributed by atoms with E-state index in [-0.39, 0.29) is 17.4 Å². The number of hydrogen-bond donors (Lipinski definition) is 1. The highest BCUT2D eigenvalue weighted by atomic mass is 32.2. The maximum Gasteiger partial charge on any atom is 0.243 e. The van der Waals surface area contributed by atoms with E-state index in [1.807, 2.05) is 24.0 Å². The molecular weight excluding hydrogens is 374 g/mol. The maximum atomic E-state index is 12.9. The number of nitrogens with one attached hydrogen (secondary N) is 1. The average Bonchev–Trinajstić information content (AvgIpc) is 2.61. The zero-order chi connectivity index (χ0) is 20.9. The van der Waals surface area contributed by atoms with E-state index in [2.05, 4.69) is 33.0 Å². The molecule has 0 spiro atoms. The van der Waals surface area contributed by atoms with Crippen molar-refractivity contribution in [3.8, 4) is 0 Å². The molecule has 1 aromatic carbocycles. The first kappa shape index (κ1) is 22.8. The molecule has 1 heterocycles. The molecule has 0 aliphatic carbocycles. The van der Waals surface area contributed by atoms with Gasteiger partial charge in [-0.3, -0.25) is 9.69 Å². The maximum absolute atomic E-state index is 12.9. The molecule has 6 nitrogen and oxygen atoms in total. The molecule has 1 aromatic rings. The standard InChI is InChI=1S/C21H35N3O3S/c1-6-7-17(2)22-20(25)16-23-12-14-24(15-13-23)28(26,27)19-10-8-18(9-11-19)21(3,4)5/h8-11,17H,6-7,12-16H2,1-5H3,(H,22,25)/t17-/m1/s1. The minimum atomic E-state index is -3.50. The number of amides is 1. The molecule has 2 rings (SSSR count). The number of hydrogen-bond acceptors (Lipinski definition) is 4. The first-order valence-corrected chi connectivity index (χ1v) is 11.6. The third-order valence-electron chi connectivity index (χ3n) is 5.19. The number of nitrogens with zero attached hydrogens (tertiary/aromatic N) is 2. The van der Waals surface area contributed by atoms with Gasteiger partial charge in [-0.1, -0.05) is 46.2 Å². The fourth-order valence-electron chi connectivity index (χ4n) is 3.43. The highest BCUT2D eigenvalue weighted by Gasteiger charge is 2.29. The van der Waals surface area contributed by atoms with Gasteiger partial charge in [-0.05, 0) is 36.5 Å².